The molecule has 0 unspecified atom stereocenters. The number of nitrogens with two attached hydrogens (primary N) is 1. The topological polar surface area (TPSA) is 87.6 Å². The van der Waals surface area contributed by atoms with E-state index in [0.717, 1.165) is 11.3 Å². The molecule has 0 aliphatic carbocycles. The van der Waals surface area contributed by atoms with Gasteiger partial charge in [-0.2, -0.15) is 0 Å². The SMILES string of the molecule is CC(C)c1cc(CN)c2c(=O)[nH][nH]c2n1. The van der Waals surface area contributed by atoms with Gasteiger partial charge in [-0.25, -0.2) is 4.98 Å². The molecule has 0 bridgehead atoms. The summed E-state index contributed by atoms with van der Waals surface area (Å²) in [4.78, 5) is 15.8. The average molecular weight is 206 g/mol. The molecule has 2 aromatic heterocycles. The molecule has 0 radical (unpaired) electrons. The molecule has 2 rings (SSSR count). The van der Waals surface area contributed by atoms with Gasteiger partial charge in [-0.3, -0.25) is 15.0 Å². The van der Waals surface area contributed by atoms with Crippen molar-refractivity contribution in [1.29, 1.82) is 0 Å². The van der Waals surface area contributed by atoms with Crippen molar-refractivity contribution < 1.29 is 0 Å². The molecule has 0 aliphatic rings. The first-order valence-electron chi connectivity index (χ1n) is 4.93. The first-order valence-corrected chi connectivity index (χ1v) is 4.93. The summed E-state index contributed by atoms with van der Waals surface area (Å²) in [7, 11) is 0. The van der Waals surface area contributed by atoms with Crippen molar-refractivity contribution in [2.75, 3.05) is 0 Å². The van der Waals surface area contributed by atoms with Gasteiger partial charge in [0.2, 0.25) is 0 Å². The normalized spacial score (nSPS) is 11.5. The van der Waals surface area contributed by atoms with Crippen LogP contribution in [0.4, 0.5) is 0 Å². The maximum absolute atomic E-state index is 11.5. The van der Waals surface area contributed by atoms with Gasteiger partial charge in [-0.05, 0) is 17.5 Å². The van der Waals surface area contributed by atoms with Crippen molar-refractivity contribution in [3.63, 3.8) is 0 Å². The summed E-state index contributed by atoms with van der Waals surface area (Å²) in [6.45, 7) is 4.46. The summed E-state index contributed by atoms with van der Waals surface area (Å²) in [5.41, 5.74) is 7.83. The van der Waals surface area contributed by atoms with Crippen molar-refractivity contribution >= 4 is 11.0 Å². The predicted octanol–water partition coefficient (Wildman–Crippen LogP) is 0.833. The van der Waals surface area contributed by atoms with E-state index >= 15 is 0 Å². The van der Waals surface area contributed by atoms with Crippen LogP contribution in [0.2, 0.25) is 0 Å². The lowest BCUT2D eigenvalue weighted by Gasteiger charge is -2.06. The minimum atomic E-state index is -0.159. The van der Waals surface area contributed by atoms with Gasteiger partial charge >= 0.3 is 0 Å². The number of nitrogens with one attached hydrogen (secondary N) is 2. The molecular formula is C10H14N4O. The number of nitrogens with zero attached hydrogens (tertiary/aromatic N) is 1. The number of pyridine rings is 1. The summed E-state index contributed by atoms with van der Waals surface area (Å²) < 4.78 is 0. The lowest BCUT2D eigenvalue weighted by Crippen LogP contribution is -2.07. The first-order chi connectivity index (χ1) is 7.13. The molecule has 15 heavy (non-hydrogen) atoms. The van der Waals surface area contributed by atoms with Crippen LogP contribution in [0.15, 0.2) is 10.9 Å². The number of hydrogen-bond acceptors (Lipinski definition) is 3. The van der Waals surface area contributed by atoms with Crippen molar-refractivity contribution in [2.45, 2.75) is 26.3 Å². The summed E-state index contributed by atoms with van der Waals surface area (Å²) >= 11 is 0. The monoisotopic (exact) mass is 206 g/mol. The Kier molecular flexibility index (Phi) is 2.32. The Bertz CT molecular complexity index is 538. The third kappa shape index (κ3) is 1.55. The zero-order valence-electron chi connectivity index (χ0n) is 8.79. The smallest absolute Gasteiger partial charge is 0.273 e. The summed E-state index contributed by atoms with van der Waals surface area (Å²) in [5.74, 6) is 0.318. The average Bonchev–Trinajstić information content (AvgIpc) is 2.59. The Morgan fingerprint density at radius 1 is 1.47 bits per heavy atom. The van der Waals surface area contributed by atoms with Crippen molar-refractivity contribution in [3.8, 4) is 0 Å². The number of H-pyrrole nitrogens is 2. The van der Waals surface area contributed by atoms with E-state index in [9.17, 15) is 4.79 Å². The standard InChI is InChI=1S/C10H14N4O/c1-5(2)7-3-6(4-11)8-9(12-7)13-14-10(8)15/h3,5H,4,11H2,1-2H3,(H2,12,13,14,15). The van der Waals surface area contributed by atoms with Gasteiger partial charge in [-0.15, -0.1) is 0 Å². The first kappa shape index (κ1) is 9.92. The van der Waals surface area contributed by atoms with E-state index in [1.165, 1.54) is 0 Å². The Morgan fingerprint density at radius 3 is 2.80 bits per heavy atom. The number of aromatic nitrogens is 3. The molecule has 0 fully saturated rings. The van der Waals surface area contributed by atoms with Crippen LogP contribution in [0.3, 0.4) is 0 Å². The molecule has 0 spiro atoms. The van der Waals surface area contributed by atoms with Crippen LogP contribution in [0.1, 0.15) is 31.0 Å². The number of hydrogen-bond donors (Lipinski definition) is 3. The fraction of sp³-hybridized carbons (Fsp3) is 0.400. The van der Waals surface area contributed by atoms with E-state index in [4.69, 9.17) is 5.73 Å². The fourth-order valence-electron chi connectivity index (χ4n) is 1.60. The summed E-state index contributed by atoms with van der Waals surface area (Å²) in [5, 5.41) is 5.84. The van der Waals surface area contributed by atoms with Gasteiger partial charge in [0, 0.05) is 12.2 Å². The van der Waals surface area contributed by atoms with Crippen LogP contribution < -0.4 is 11.3 Å². The second-order valence-electron chi connectivity index (χ2n) is 3.87. The molecule has 80 valence electrons. The quantitative estimate of drug-likeness (QED) is 0.680. The molecule has 0 atom stereocenters. The highest BCUT2D eigenvalue weighted by Gasteiger charge is 2.11. The van der Waals surface area contributed by atoms with E-state index in [2.05, 4.69) is 29.0 Å². The molecule has 0 aliphatic heterocycles. The zero-order valence-corrected chi connectivity index (χ0v) is 8.79. The predicted molar refractivity (Wildman–Crippen MR) is 58.7 cm³/mol. The summed E-state index contributed by atoms with van der Waals surface area (Å²) in [6.07, 6.45) is 0. The molecule has 5 heteroatoms. The van der Waals surface area contributed by atoms with Gasteiger partial charge in [0.05, 0.1) is 5.39 Å². The van der Waals surface area contributed by atoms with E-state index in [0.29, 0.717) is 23.5 Å². The Hall–Kier alpha value is -1.62. The molecular weight excluding hydrogens is 192 g/mol. The maximum atomic E-state index is 11.5. The van der Waals surface area contributed by atoms with Gasteiger partial charge in [0.15, 0.2) is 5.65 Å². The van der Waals surface area contributed by atoms with Crippen LogP contribution in [0, 0.1) is 0 Å². The lowest BCUT2D eigenvalue weighted by molar-refractivity contribution is 0.822. The van der Waals surface area contributed by atoms with Crippen molar-refractivity contribution in [3.05, 3.63) is 27.7 Å². The maximum Gasteiger partial charge on any atom is 0.273 e. The molecule has 0 saturated heterocycles. The Morgan fingerprint density at radius 2 is 2.20 bits per heavy atom. The van der Waals surface area contributed by atoms with E-state index in [-0.39, 0.29) is 5.56 Å². The molecule has 5 nitrogen and oxygen atoms in total. The highest BCUT2D eigenvalue weighted by Crippen LogP contribution is 2.18. The van der Waals surface area contributed by atoms with Gasteiger partial charge < -0.3 is 5.73 Å². The minimum Gasteiger partial charge on any atom is -0.326 e. The van der Waals surface area contributed by atoms with Gasteiger partial charge in [0.25, 0.3) is 5.56 Å². The minimum absolute atomic E-state index is 0.159. The second kappa shape index (κ2) is 3.51. The van der Waals surface area contributed by atoms with Gasteiger partial charge in [0.1, 0.15) is 0 Å². The second-order valence-corrected chi connectivity index (χ2v) is 3.87. The van der Waals surface area contributed by atoms with Crippen molar-refractivity contribution in [2.24, 2.45) is 5.73 Å². The largest absolute Gasteiger partial charge is 0.326 e. The van der Waals surface area contributed by atoms with E-state index in [1.54, 1.807) is 0 Å². The van der Waals surface area contributed by atoms with Crippen molar-refractivity contribution in [1.82, 2.24) is 15.2 Å². The van der Waals surface area contributed by atoms with Crippen LogP contribution >= 0.6 is 0 Å². The van der Waals surface area contributed by atoms with Crippen LogP contribution in [-0.2, 0) is 6.54 Å². The van der Waals surface area contributed by atoms with E-state index < -0.39 is 0 Å². The molecule has 0 saturated carbocycles. The Balaban J connectivity index is 2.79. The molecule has 0 amide bonds. The van der Waals surface area contributed by atoms with Crippen LogP contribution in [-0.4, -0.2) is 15.2 Å². The highest BCUT2D eigenvalue weighted by atomic mass is 16.1. The van der Waals surface area contributed by atoms with Gasteiger partial charge in [-0.1, -0.05) is 13.8 Å². The molecule has 0 aromatic carbocycles. The summed E-state index contributed by atoms with van der Waals surface area (Å²) in [6, 6.07) is 1.90. The Labute approximate surface area is 86.7 Å². The third-order valence-corrected chi connectivity index (χ3v) is 2.45. The number of rotatable bonds is 2. The third-order valence-electron chi connectivity index (χ3n) is 2.45. The number of aromatic amines is 2. The molecule has 2 aromatic rings. The zero-order chi connectivity index (χ0) is 11.0. The lowest BCUT2D eigenvalue weighted by atomic mass is 10.1. The van der Waals surface area contributed by atoms with Crippen LogP contribution in [0.25, 0.3) is 11.0 Å². The van der Waals surface area contributed by atoms with E-state index in [1.807, 2.05) is 6.07 Å². The fourth-order valence-corrected chi connectivity index (χ4v) is 1.60. The molecule has 4 N–H and O–H groups in total. The van der Waals surface area contributed by atoms with Crippen LogP contribution in [0.5, 0.6) is 0 Å². The highest BCUT2D eigenvalue weighted by molar-refractivity contribution is 5.78. The molecule has 2 heterocycles. The number of fused-ring (bicyclic) bond motifs is 1.